The third-order valence-corrected chi connectivity index (χ3v) is 4.08. The molecule has 3 heterocycles. The first kappa shape index (κ1) is 12.0. The number of fused-ring (bicyclic) bond motifs is 1. The van der Waals surface area contributed by atoms with Crippen molar-refractivity contribution in [1.82, 2.24) is 15.0 Å². The molecule has 0 saturated carbocycles. The monoisotopic (exact) mass is 270 g/mol. The van der Waals surface area contributed by atoms with Crippen LogP contribution >= 0.6 is 11.3 Å². The summed E-state index contributed by atoms with van der Waals surface area (Å²) in [5, 5.41) is 2.12. The third-order valence-electron chi connectivity index (χ3n) is 3.00. The molecule has 0 aromatic carbocycles. The van der Waals surface area contributed by atoms with E-state index in [2.05, 4.69) is 32.2 Å². The van der Waals surface area contributed by atoms with Crippen LogP contribution in [0.15, 0.2) is 36.1 Å². The van der Waals surface area contributed by atoms with Crippen molar-refractivity contribution in [2.75, 3.05) is 11.9 Å². The molecule has 5 heteroatoms. The van der Waals surface area contributed by atoms with Crippen LogP contribution in [0.3, 0.4) is 0 Å². The van der Waals surface area contributed by atoms with Gasteiger partial charge in [0.2, 0.25) is 0 Å². The molecule has 3 rings (SSSR count). The number of rotatable bonds is 3. The second-order valence-electron chi connectivity index (χ2n) is 4.47. The standard InChI is InChI=1S/C14H14N4S/c1-10-8-19-13-12(10)16-9-17-14(13)18(2)7-11-5-3-4-6-15-11/h3-6,8-9H,7H2,1-2H3. The molecular formula is C14H14N4S. The fourth-order valence-electron chi connectivity index (χ4n) is 2.04. The Morgan fingerprint density at radius 1 is 1.21 bits per heavy atom. The van der Waals surface area contributed by atoms with E-state index < -0.39 is 0 Å². The Kier molecular flexibility index (Phi) is 3.13. The average Bonchev–Trinajstić information content (AvgIpc) is 2.82. The quantitative estimate of drug-likeness (QED) is 0.733. The molecule has 0 aliphatic rings. The largest absolute Gasteiger partial charge is 0.352 e. The Bertz CT molecular complexity index is 693. The Balaban J connectivity index is 1.96. The summed E-state index contributed by atoms with van der Waals surface area (Å²) >= 11 is 1.69. The van der Waals surface area contributed by atoms with E-state index in [-0.39, 0.29) is 0 Å². The zero-order chi connectivity index (χ0) is 13.2. The molecule has 0 radical (unpaired) electrons. The molecule has 0 bridgehead atoms. The van der Waals surface area contributed by atoms with Gasteiger partial charge in [-0.2, -0.15) is 0 Å². The highest BCUT2D eigenvalue weighted by molar-refractivity contribution is 7.18. The van der Waals surface area contributed by atoms with E-state index in [1.165, 1.54) is 5.56 Å². The maximum atomic E-state index is 4.41. The second kappa shape index (κ2) is 4.93. The molecule has 0 amide bonds. The Labute approximate surface area is 115 Å². The van der Waals surface area contributed by atoms with Gasteiger partial charge in [-0.3, -0.25) is 4.98 Å². The van der Waals surface area contributed by atoms with E-state index in [9.17, 15) is 0 Å². The smallest absolute Gasteiger partial charge is 0.150 e. The highest BCUT2D eigenvalue weighted by atomic mass is 32.1. The number of aryl methyl sites for hydroxylation is 1. The van der Waals surface area contributed by atoms with Crippen molar-refractivity contribution >= 4 is 27.4 Å². The van der Waals surface area contributed by atoms with Crippen LogP contribution in [0.2, 0.25) is 0 Å². The number of hydrogen-bond donors (Lipinski definition) is 0. The van der Waals surface area contributed by atoms with E-state index >= 15 is 0 Å². The molecule has 3 aromatic rings. The molecule has 96 valence electrons. The lowest BCUT2D eigenvalue weighted by Crippen LogP contribution is -2.18. The van der Waals surface area contributed by atoms with Crippen molar-refractivity contribution in [1.29, 1.82) is 0 Å². The van der Waals surface area contributed by atoms with Gasteiger partial charge in [-0.05, 0) is 30.0 Å². The molecular weight excluding hydrogens is 256 g/mol. The van der Waals surface area contributed by atoms with Crippen LogP contribution in [0.25, 0.3) is 10.2 Å². The van der Waals surface area contributed by atoms with E-state index in [0.717, 1.165) is 28.3 Å². The molecule has 0 unspecified atom stereocenters. The van der Waals surface area contributed by atoms with E-state index in [1.54, 1.807) is 17.7 Å². The first-order valence-corrected chi connectivity index (χ1v) is 6.93. The number of thiophene rings is 1. The summed E-state index contributed by atoms with van der Waals surface area (Å²) < 4.78 is 1.14. The Morgan fingerprint density at radius 2 is 2.11 bits per heavy atom. The average molecular weight is 270 g/mol. The van der Waals surface area contributed by atoms with Crippen LogP contribution in [0, 0.1) is 6.92 Å². The van der Waals surface area contributed by atoms with Crippen molar-refractivity contribution < 1.29 is 0 Å². The minimum atomic E-state index is 0.740. The molecule has 19 heavy (non-hydrogen) atoms. The molecule has 0 N–H and O–H groups in total. The molecule has 0 aliphatic carbocycles. The third kappa shape index (κ3) is 2.29. The Hall–Kier alpha value is -2.01. The highest BCUT2D eigenvalue weighted by Gasteiger charge is 2.12. The maximum Gasteiger partial charge on any atom is 0.150 e. The summed E-state index contributed by atoms with van der Waals surface area (Å²) in [6.07, 6.45) is 3.44. The molecule has 4 nitrogen and oxygen atoms in total. The Morgan fingerprint density at radius 3 is 2.89 bits per heavy atom. The minimum Gasteiger partial charge on any atom is -0.352 e. The maximum absolute atomic E-state index is 4.41. The zero-order valence-electron chi connectivity index (χ0n) is 10.9. The van der Waals surface area contributed by atoms with Crippen LogP contribution in [0.4, 0.5) is 5.82 Å². The van der Waals surface area contributed by atoms with Gasteiger partial charge in [0.05, 0.1) is 22.5 Å². The number of pyridine rings is 1. The summed E-state index contributed by atoms with van der Waals surface area (Å²) in [7, 11) is 2.03. The lowest BCUT2D eigenvalue weighted by atomic mass is 10.3. The summed E-state index contributed by atoms with van der Waals surface area (Å²) in [5.74, 6) is 0.966. The highest BCUT2D eigenvalue weighted by Crippen LogP contribution is 2.30. The van der Waals surface area contributed by atoms with E-state index in [0.29, 0.717) is 0 Å². The van der Waals surface area contributed by atoms with Crippen LogP contribution in [0.1, 0.15) is 11.3 Å². The van der Waals surface area contributed by atoms with Crippen molar-refractivity contribution in [3.63, 3.8) is 0 Å². The van der Waals surface area contributed by atoms with Gasteiger partial charge in [-0.25, -0.2) is 9.97 Å². The SMILES string of the molecule is Cc1csc2c(N(C)Cc3ccccn3)ncnc12. The van der Waals surface area contributed by atoms with Crippen LogP contribution in [-0.4, -0.2) is 22.0 Å². The van der Waals surface area contributed by atoms with E-state index in [4.69, 9.17) is 0 Å². The fourth-order valence-corrected chi connectivity index (χ4v) is 3.08. The summed E-state index contributed by atoms with van der Waals surface area (Å²) in [6, 6.07) is 5.95. The molecule has 0 spiro atoms. The zero-order valence-corrected chi connectivity index (χ0v) is 11.7. The number of anilines is 1. The summed E-state index contributed by atoms with van der Waals surface area (Å²) in [4.78, 5) is 15.2. The van der Waals surface area contributed by atoms with Gasteiger partial charge in [0.15, 0.2) is 0 Å². The molecule has 0 saturated heterocycles. The lowest BCUT2D eigenvalue weighted by Gasteiger charge is -2.17. The predicted molar refractivity (Wildman–Crippen MR) is 78.5 cm³/mol. The second-order valence-corrected chi connectivity index (χ2v) is 5.35. The van der Waals surface area contributed by atoms with Crippen LogP contribution < -0.4 is 4.90 Å². The van der Waals surface area contributed by atoms with Gasteiger partial charge in [-0.1, -0.05) is 6.07 Å². The van der Waals surface area contributed by atoms with Gasteiger partial charge in [-0.15, -0.1) is 11.3 Å². The predicted octanol–water partition coefficient (Wildman–Crippen LogP) is 3.03. The molecule has 0 aliphatic heterocycles. The van der Waals surface area contributed by atoms with Gasteiger partial charge in [0, 0.05) is 13.2 Å². The lowest BCUT2D eigenvalue weighted by molar-refractivity contribution is 0.869. The van der Waals surface area contributed by atoms with Crippen molar-refractivity contribution in [2.45, 2.75) is 13.5 Å². The molecule has 0 fully saturated rings. The van der Waals surface area contributed by atoms with Crippen LogP contribution in [0.5, 0.6) is 0 Å². The summed E-state index contributed by atoms with van der Waals surface area (Å²) in [6.45, 7) is 2.82. The van der Waals surface area contributed by atoms with Crippen molar-refractivity contribution in [3.8, 4) is 0 Å². The topological polar surface area (TPSA) is 41.9 Å². The normalized spacial score (nSPS) is 10.8. The van der Waals surface area contributed by atoms with Crippen LogP contribution in [-0.2, 0) is 6.54 Å². The first-order chi connectivity index (χ1) is 9.25. The van der Waals surface area contributed by atoms with Gasteiger partial charge in [0.25, 0.3) is 0 Å². The van der Waals surface area contributed by atoms with Gasteiger partial charge in [0.1, 0.15) is 12.1 Å². The fraction of sp³-hybridized carbons (Fsp3) is 0.214. The number of aromatic nitrogens is 3. The summed E-state index contributed by atoms with van der Waals surface area (Å²) in [5.41, 5.74) is 3.28. The van der Waals surface area contributed by atoms with Gasteiger partial charge >= 0.3 is 0 Å². The first-order valence-electron chi connectivity index (χ1n) is 6.05. The minimum absolute atomic E-state index is 0.740. The molecule has 0 atom stereocenters. The van der Waals surface area contributed by atoms with E-state index in [1.807, 2.05) is 31.4 Å². The van der Waals surface area contributed by atoms with Crippen molar-refractivity contribution in [2.24, 2.45) is 0 Å². The van der Waals surface area contributed by atoms with Gasteiger partial charge < -0.3 is 4.90 Å². The van der Waals surface area contributed by atoms with Crippen molar-refractivity contribution in [3.05, 3.63) is 47.4 Å². The molecule has 3 aromatic heterocycles. The number of nitrogens with zero attached hydrogens (tertiary/aromatic N) is 4. The number of hydrogen-bond acceptors (Lipinski definition) is 5.